The Balaban J connectivity index is 4.33. The zero-order chi connectivity index (χ0) is 11.2. The Labute approximate surface area is 84.5 Å². The van der Waals surface area contributed by atoms with Gasteiger partial charge in [-0.05, 0) is 13.3 Å². The van der Waals surface area contributed by atoms with Crippen molar-refractivity contribution in [3.63, 3.8) is 0 Å². The van der Waals surface area contributed by atoms with Crippen LogP contribution >= 0.6 is 0 Å². The van der Waals surface area contributed by atoms with E-state index in [1.54, 1.807) is 0 Å². The first-order chi connectivity index (χ1) is 6.39. The molecule has 0 rings (SSSR count). The average Bonchev–Trinajstić information content (AvgIpc) is 2.14. The van der Waals surface area contributed by atoms with E-state index in [0.29, 0.717) is 13.0 Å². The summed E-state index contributed by atoms with van der Waals surface area (Å²) in [5.41, 5.74) is -1.22. The third kappa shape index (κ3) is 4.87. The Morgan fingerprint density at radius 3 is 2.14 bits per heavy atom. The number of nitrogens with one attached hydrogen (secondary N) is 2. The van der Waals surface area contributed by atoms with E-state index in [1.165, 1.54) is 6.92 Å². The molecule has 0 aromatic heterocycles. The first-order valence-electron chi connectivity index (χ1n) is 4.39. The van der Waals surface area contributed by atoms with Gasteiger partial charge in [-0.25, -0.2) is 4.72 Å². The molecule has 4 N–H and O–H groups in total. The summed E-state index contributed by atoms with van der Waals surface area (Å²) in [6.07, 6.45) is 0.676. The van der Waals surface area contributed by atoms with Crippen LogP contribution in [-0.4, -0.2) is 43.9 Å². The number of aliphatic hydroxyl groups excluding tert-OH is 2. The Kier molecular flexibility index (Phi) is 5.53. The minimum atomic E-state index is -3.65. The molecule has 0 aliphatic rings. The second-order valence-electron chi connectivity index (χ2n) is 3.38. The molecule has 0 aliphatic carbocycles. The number of hydrogen-bond donors (Lipinski definition) is 4. The van der Waals surface area contributed by atoms with Crippen LogP contribution in [0.2, 0.25) is 0 Å². The van der Waals surface area contributed by atoms with E-state index in [0.717, 1.165) is 0 Å². The molecule has 14 heavy (non-hydrogen) atoms. The minimum Gasteiger partial charge on any atom is -0.394 e. The Morgan fingerprint density at radius 1 is 1.29 bits per heavy atom. The third-order valence-corrected chi connectivity index (χ3v) is 2.97. The second kappa shape index (κ2) is 5.62. The monoisotopic (exact) mass is 226 g/mol. The van der Waals surface area contributed by atoms with E-state index in [9.17, 15) is 8.42 Å². The molecular formula is C7H18N2O4S. The van der Waals surface area contributed by atoms with E-state index in [1.807, 2.05) is 6.92 Å². The zero-order valence-corrected chi connectivity index (χ0v) is 9.26. The normalized spacial score (nSPS) is 13.1. The summed E-state index contributed by atoms with van der Waals surface area (Å²) >= 11 is 0. The van der Waals surface area contributed by atoms with Gasteiger partial charge in [0, 0.05) is 6.54 Å². The van der Waals surface area contributed by atoms with Crippen LogP contribution < -0.4 is 9.44 Å². The van der Waals surface area contributed by atoms with Crippen LogP contribution in [0.5, 0.6) is 0 Å². The number of aliphatic hydroxyl groups is 2. The molecule has 86 valence electrons. The molecule has 0 saturated heterocycles. The third-order valence-electron chi connectivity index (χ3n) is 1.62. The van der Waals surface area contributed by atoms with Gasteiger partial charge in [-0.3, -0.25) is 0 Å². The summed E-state index contributed by atoms with van der Waals surface area (Å²) in [6.45, 7) is 2.65. The van der Waals surface area contributed by atoms with Crippen molar-refractivity contribution in [2.75, 3.05) is 19.8 Å². The van der Waals surface area contributed by atoms with E-state index in [-0.39, 0.29) is 0 Å². The van der Waals surface area contributed by atoms with E-state index >= 15 is 0 Å². The molecule has 0 unspecified atom stereocenters. The van der Waals surface area contributed by atoms with Crippen molar-refractivity contribution < 1.29 is 18.6 Å². The molecule has 0 amide bonds. The fourth-order valence-electron chi connectivity index (χ4n) is 0.711. The van der Waals surface area contributed by atoms with Crippen LogP contribution in [0, 0.1) is 0 Å². The van der Waals surface area contributed by atoms with Gasteiger partial charge in [-0.15, -0.1) is 0 Å². The number of hydrogen-bond acceptors (Lipinski definition) is 4. The lowest BCUT2D eigenvalue weighted by Gasteiger charge is -2.25. The topological polar surface area (TPSA) is 98.7 Å². The maximum atomic E-state index is 11.3. The molecular weight excluding hydrogens is 208 g/mol. The van der Waals surface area contributed by atoms with Crippen LogP contribution in [0.1, 0.15) is 20.3 Å². The van der Waals surface area contributed by atoms with Gasteiger partial charge in [0.15, 0.2) is 0 Å². The molecule has 0 aromatic rings. The predicted molar refractivity (Wildman–Crippen MR) is 52.9 cm³/mol. The lowest BCUT2D eigenvalue weighted by Crippen LogP contribution is -2.55. The first-order valence-corrected chi connectivity index (χ1v) is 5.87. The van der Waals surface area contributed by atoms with Crippen LogP contribution in [0.3, 0.4) is 0 Å². The highest BCUT2D eigenvalue weighted by atomic mass is 32.2. The minimum absolute atomic E-state index is 0.322. The van der Waals surface area contributed by atoms with Crippen molar-refractivity contribution in [3.05, 3.63) is 0 Å². The Hall–Kier alpha value is -0.210. The molecule has 7 heteroatoms. The Bertz CT molecular complexity index is 248. The van der Waals surface area contributed by atoms with Gasteiger partial charge in [-0.2, -0.15) is 13.1 Å². The molecule has 0 aliphatic heterocycles. The highest BCUT2D eigenvalue weighted by Gasteiger charge is 2.27. The molecule has 6 nitrogen and oxygen atoms in total. The van der Waals surface area contributed by atoms with Crippen molar-refractivity contribution >= 4 is 10.2 Å². The van der Waals surface area contributed by atoms with Gasteiger partial charge in [-0.1, -0.05) is 6.92 Å². The molecule has 0 radical (unpaired) electrons. The van der Waals surface area contributed by atoms with Gasteiger partial charge < -0.3 is 10.2 Å². The largest absolute Gasteiger partial charge is 0.394 e. The lowest BCUT2D eigenvalue weighted by atomic mass is 10.1. The maximum absolute atomic E-state index is 11.3. The van der Waals surface area contributed by atoms with Gasteiger partial charge in [0.1, 0.15) is 0 Å². The fourth-order valence-corrected chi connectivity index (χ4v) is 2.03. The molecule has 0 aromatic carbocycles. The van der Waals surface area contributed by atoms with Crippen LogP contribution in [0.4, 0.5) is 0 Å². The predicted octanol–water partition coefficient (Wildman–Crippen LogP) is -1.44. The summed E-state index contributed by atoms with van der Waals surface area (Å²) in [6, 6.07) is 0. The quantitative estimate of drug-likeness (QED) is 0.427. The summed E-state index contributed by atoms with van der Waals surface area (Å²) in [5.74, 6) is 0. The van der Waals surface area contributed by atoms with E-state index in [2.05, 4.69) is 9.44 Å². The molecule has 0 heterocycles. The van der Waals surface area contributed by atoms with E-state index < -0.39 is 29.0 Å². The Morgan fingerprint density at radius 2 is 1.79 bits per heavy atom. The summed E-state index contributed by atoms with van der Waals surface area (Å²) in [7, 11) is -3.65. The standard InChI is InChI=1S/C7H18N2O4S/c1-3-4-8-14(12,13)9-7(2,5-10)6-11/h8-11H,3-6H2,1-2H3. The SMILES string of the molecule is CCCNS(=O)(=O)NC(C)(CO)CO. The summed E-state index contributed by atoms with van der Waals surface area (Å²) in [5, 5.41) is 17.7. The van der Waals surface area contributed by atoms with Gasteiger partial charge in [0.05, 0.1) is 18.8 Å². The fraction of sp³-hybridized carbons (Fsp3) is 1.00. The zero-order valence-electron chi connectivity index (χ0n) is 8.45. The molecule has 0 saturated carbocycles. The van der Waals surface area contributed by atoms with Crippen LogP contribution in [0.25, 0.3) is 0 Å². The summed E-state index contributed by atoms with van der Waals surface area (Å²) in [4.78, 5) is 0. The number of rotatable bonds is 7. The van der Waals surface area contributed by atoms with Gasteiger partial charge >= 0.3 is 0 Å². The van der Waals surface area contributed by atoms with E-state index in [4.69, 9.17) is 10.2 Å². The first kappa shape index (κ1) is 13.8. The molecule has 0 spiro atoms. The van der Waals surface area contributed by atoms with Crippen molar-refractivity contribution in [1.29, 1.82) is 0 Å². The second-order valence-corrected chi connectivity index (χ2v) is 4.88. The maximum Gasteiger partial charge on any atom is 0.277 e. The van der Waals surface area contributed by atoms with Crippen LogP contribution in [0.15, 0.2) is 0 Å². The van der Waals surface area contributed by atoms with Crippen molar-refractivity contribution in [1.82, 2.24) is 9.44 Å². The highest BCUT2D eigenvalue weighted by Crippen LogP contribution is 2.02. The average molecular weight is 226 g/mol. The van der Waals surface area contributed by atoms with Crippen molar-refractivity contribution in [2.45, 2.75) is 25.8 Å². The lowest BCUT2D eigenvalue weighted by molar-refractivity contribution is 0.121. The summed E-state index contributed by atoms with van der Waals surface area (Å²) < 4.78 is 27.0. The molecule has 0 bridgehead atoms. The molecule has 0 atom stereocenters. The van der Waals surface area contributed by atoms with Crippen LogP contribution in [-0.2, 0) is 10.2 Å². The van der Waals surface area contributed by atoms with Gasteiger partial charge in [0.2, 0.25) is 0 Å². The van der Waals surface area contributed by atoms with Crippen molar-refractivity contribution in [2.24, 2.45) is 0 Å². The smallest absolute Gasteiger partial charge is 0.277 e. The molecule has 0 fully saturated rings. The highest BCUT2D eigenvalue weighted by molar-refractivity contribution is 7.87. The van der Waals surface area contributed by atoms with Crippen molar-refractivity contribution in [3.8, 4) is 0 Å². The van der Waals surface area contributed by atoms with Gasteiger partial charge in [0.25, 0.3) is 10.2 Å².